The molecule has 0 fully saturated rings. The Hall–Kier alpha value is -2.17. The number of rotatable bonds is 4. The molecular weight excluding hydrogens is 332 g/mol. The SMILES string of the molecule is Cc1ccc2nc(-c3ccc(NCc4ccc(C)s4)cc3)sc2c1. The second-order valence-corrected chi connectivity index (χ2v) is 8.34. The van der Waals surface area contributed by atoms with Crippen molar-refractivity contribution in [2.75, 3.05) is 5.32 Å². The van der Waals surface area contributed by atoms with Gasteiger partial charge in [0.05, 0.1) is 10.2 Å². The first-order chi connectivity index (χ1) is 11.7. The van der Waals surface area contributed by atoms with Crippen LogP contribution in [0.2, 0.25) is 0 Å². The molecule has 1 N–H and O–H groups in total. The van der Waals surface area contributed by atoms with Crippen LogP contribution in [-0.2, 0) is 6.54 Å². The van der Waals surface area contributed by atoms with E-state index in [9.17, 15) is 0 Å². The monoisotopic (exact) mass is 350 g/mol. The molecule has 0 unspecified atom stereocenters. The number of aromatic nitrogens is 1. The van der Waals surface area contributed by atoms with E-state index in [1.807, 2.05) is 11.3 Å². The third-order valence-corrected chi connectivity index (χ3v) is 6.01. The van der Waals surface area contributed by atoms with Crippen LogP contribution in [0.15, 0.2) is 54.6 Å². The van der Waals surface area contributed by atoms with Gasteiger partial charge in [0.1, 0.15) is 5.01 Å². The lowest BCUT2D eigenvalue weighted by Crippen LogP contribution is -1.96. The third kappa shape index (κ3) is 3.21. The number of thiazole rings is 1. The Kier molecular flexibility index (Phi) is 4.08. The summed E-state index contributed by atoms with van der Waals surface area (Å²) in [7, 11) is 0. The van der Waals surface area contributed by atoms with Gasteiger partial charge in [-0.05, 0) is 67.9 Å². The van der Waals surface area contributed by atoms with E-state index in [0.29, 0.717) is 0 Å². The first-order valence-electron chi connectivity index (χ1n) is 7.94. The zero-order chi connectivity index (χ0) is 16.5. The van der Waals surface area contributed by atoms with Crippen molar-refractivity contribution in [1.29, 1.82) is 0 Å². The van der Waals surface area contributed by atoms with Crippen molar-refractivity contribution in [3.63, 3.8) is 0 Å². The van der Waals surface area contributed by atoms with Gasteiger partial charge in [-0.3, -0.25) is 0 Å². The summed E-state index contributed by atoms with van der Waals surface area (Å²) in [6, 6.07) is 19.3. The molecule has 0 aliphatic carbocycles. The van der Waals surface area contributed by atoms with Crippen LogP contribution in [0, 0.1) is 13.8 Å². The summed E-state index contributed by atoms with van der Waals surface area (Å²) in [5.41, 5.74) is 4.67. The van der Waals surface area contributed by atoms with Crippen LogP contribution in [0.4, 0.5) is 5.69 Å². The minimum absolute atomic E-state index is 0.873. The molecule has 120 valence electrons. The summed E-state index contributed by atoms with van der Waals surface area (Å²) >= 11 is 3.59. The molecule has 0 atom stereocenters. The quantitative estimate of drug-likeness (QED) is 0.470. The second kappa shape index (κ2) is 6.38. The first kappa shape index (κ1) is 15.4. The maximum atomic E-state index is 4.75. The number of anilines is 1. The molecule has 4 rings (SSSR count). The molecule has 2 aromatic heterocycles. The number of benzene rings is 2. The summed E-state index contributed by atoms with van der Waals surface area (Å²) in [5, 5.41) is 4.56. The molecule has 4 aromatic rings. The fourth-order valence-corrected chi connectivity index (χ4v) is 4.55. The van der Waals surface area contributed by atoms with Gasteiger partial charge < -0.3 is 5.32 Å². The van der Waals surface area contributed by atoms with Crippen molar-refractivity contribution < 1.29 is 0 Å². The predicted molar refractivity (Wildman–Crippen MR) is 106 cm³/mol. The number of thiophene rings is 1. The summed E-state index contributed by atoms with van der Waals surface area (Å²) < 4.78 is 1.25. The molecule has 2 heterocycles. The standard InChI is InChI=1S/C20H18N2S2/c1-13-3-10-18-19(11-13)24-20(22-18)15-5-7-16(8-6-15)21-12-17-9-4-14(2)23-17/h3-11,21H,12H2,1-2H3. The minimum Gasteiger partial charge on any atom is -0.380 e. The fourth-order valence-electron chi connectivity index (χ4n) is 2.66. The summed E-state index contributed by atoms with van der Waals surface area (Å²) in [6.45, 7) is 5.13. The molecule has 0 aliphatic heterocycles. The van der Waals surface area contributed by atoms with Crippen molar-refractivity contribution >= 4 is 38.6 Å². The normalized spacial score (nSPS) is 11.1. The van der Waals surface area contributed by atoms with Crippen LogP contribution in [0.3, 0.4) is 0 Å². The van der Waals surface area contributed by atoms with Crippen LogP contribution in [0.25, 0.3) is 20.8 Å². The molecule has 4 heteroatoms. The van der Waals surface area contributed by atoms with Gasteiger partial charge in [-0.1, -0.05) is 6.07 Å². The summed E-state index contributed by atoms with van der Waals surface area (Å²) in [4.78, 5) is 7.46. The van der Waals surface area contributed by atoms with Crippen LogP contribution in [0.1, 0.15) is 15.3 Å². The number of hydrogen-bond donors (Lipinski definition) is 1. The van der Waals surface area contributed by atoms with Gasteiger partial charge in [0.15, 0.2) is 0 Å². The van der Waals surface area contributed by atoms with Crippen LogP contribution in [0.5, 0.6) is 0 Å². The van der Waals surface area contributed by atoms with E-state index in [-0.39, 0.29) is 0 Å². The number of aryl methyl sites for hydroxylation is 2. The van der Waals surface area contributed by atoms with Crippen LogP contribution in [-0.4, -0.2) is 4.98 Å². The molecule has 2 nitrogen and oxygen atoms in total. The highest BCUT2D eigenvalue weighted by Crippen LogP contribution is 2.31. The molecular formula is C20H18N2S2. The van der Waals surface area contributed by atoms with Crippen molar-refractivity contribution in [2.24, 2.45) is 0 Å². The van der Waals surface area contributed by atoms with Gasteiger partial charge in [-0.2, -0.15) is 0 Å². The number of nitrogens with one attached hydrogen (secondary N) is 1. The maximum Gasteiger partial charge on any atom is 0.124 e. The lowest BCUT2D eigenvalue weighted by Gasteiger charge is -2.05. The summed E-state index contributed by atoms with van der Waals surface area (Å²) in [6.07, 6.45) is 0. The van der Waals surface area contributed by atoms with E-state index in [2.05, 4.69) is 73.8 Å². The number of hydrogen-bond acceptors (Lipinski definition) is 4. The fraction of sp³-hybridized carbons (Fsp3) is 0.150. The van der Waals surface area contributed by atoms with Crippen molar-refractivity contribution in [3.05, 3.63) is 69.9 Å². The summed E-state index contributed by atoms with van der Waals surface area (Å²) in [5.74, 6) is 0. The maximum absolute atomic E-state index is 4.75. The highest BCUT2D eigenvalue weighted by Gasteiger charge is 2.06. The molecule has 2 aromatic carbocycles. The smallest absolute Gasteiger partial charge is 0.124 e. The van der Waals surface area contributed by atoms with Gasteiger partial charge in [0.2, 0.25) is 0 Å². The van der Waals surface area contributed by atoms with Gasteiger partial charge in [-0.25, -0.2) is 4.98 Å². The number of fused-ring (bicyclic) bond motifs is 1. The first-order valence-corrected chi connectivity index (χ1v) is 9.57. The Morgan fingerprint density at radius 3 is 2.50 bits per heavy atom. The Bertz CT molecular complexity index is 980. The topological polar surface area (TPSA) is 24.9 Å². The van der Waals surface area contributed by atoms with Gasteiger partial charge in [0.25, 0.3) is 0 Å². The van der Waals surface area contributed by atoms with Crippen molar-refractivity contribution in [2.45, 2.75) is 20.4 Å². The largest absolute Gasteiger partial charge is 0.380 e. The second-order valence-electron chi connectivity index (χ2n) is 5.93. The Labute approximate surface area is 149 Å². The molecule has 24 heavy (non-hydrogen) atoms. The lowest BCUT2D eigenvalue weighted by atomic mass is 10.2. The van der Waals surface area contributed by atoms with E-state index in [4.69, 9.17) is 4.98 Å². The Morgan fingerprint density at radius 2 is 1.75 bits per heavy atom. The average molecular weight is 351 g/mol. The zero-order valence-electron chi connectivity index (χ0n) is 13.7. The predicted octanol–water partition coefficient (Wildman–Crippen LogP) is 6.25. The molecule has 0 bridgehead atoms. The van der Waals surface area contributed by atoms with E-state index in [1.165, 1.54) is 25.6 Å². The average Bonchev–Trinajstić information content (AvgIpc) is 3.19. The molecule has 0 aliphatic rings. The molecule has 0 radical (unpaired) electrons. The number of nitrogens with zero attached hydrogens (tertiary/aromatic N) is 1. The highest BCUT2D eigenvalue weighted by atomic mass is 32.1. The molecule has 0 saturated heterocycles. The van der Waals surface area contributed by atoms with Crippen LogP contribution >= 0.6 is 22.7 Å². The highest BCUT2D eigenvalue weighted by molar-refractivity contribution is 7.21. The van der Waals surface area contributed by atoms with E-state index in [0.717, 1.165) is 22.8 Å². The molecule has 0 amide bonds. The van der Waals surface area contributed by atoms with Crippen LogP contribution < -0.4 is 5.32 Å². The Balaban J connectivity index is 1.51. The molecule has 0 spiro atoms. The minimum atomic E-state index is 0.873. The Morgan fingerprint density at radius 1 is 0.917 bits per heavy atom. The van der Waals surface area contributed by atoms with E-state index < -0.39 is 0 Å². The lowest BCUT2D eigenvalue weighted by molar-refractivity contribution is 1.19. The van der Waals surface area contributed by atoms with Gasteiger partial charge in [-0.15, -0.1) is 22.7 Å². The zero-order valence-corrected chi connectivity index (χ0v) is 15.3. The van der Waals surface area contributed by atoms with Crippen molar-refractivity contribution in [3.8, 4) is 10.6 Å². The van der Waals surface area contributed by atoms with E-state index >= 15 is 0 Å². The van der Waals surface area contributed by atoms with Gasteiger partial charge >= 0.3 is 0 Å². The third-order valence-electron chi connectivity index (χ3n) is 3.94. The van der Waals surface area contributed by atoms with E-state index in [1.54, 1.807) is 11.3 Å². The van der Waals surface area contributed by atoms with Gasteiger partial charge in [0, 0.05) is 27.5 Å². The molecule has 0 saturated carbocycles. The van der Waals surface area contributed by atoms with Crippen molar-refractivity contribution in [1.82, 2.24) is 4.98 Å².